The predicted octanol–water partition coefficient (Wildman–Crippen LogP) is 25.8. The van der Waals surface area contributed by atoms with Gasteiger partial charge in [-0.15, -0.1) is 0 Å². The monoisotopic (exact) mass is 1380 g/mol. The molecule has 0 aliphatic heterocycles. The van der Waals surface area contributed by atoms with E-state index in [0.717, 1.165) is 53.2 Å². The lowest BCUT2D eigenvalue weighted by molar-refractivity contribution is 0.304. The van der Waals surface area contributed by atoms with E-state index < -0.39 is 0 Å². The van der Waals surface area contributed by atoms with Gasteiger partial charge in [0.05, 0.1) is 36.5 Å². The minimum Gasteiger partial charge on any atom is -0.507 e. The Balaban J connectivity index is 0.942. The quantitative estimate of drug-likeness (QED) is 0.0252. The van der Waals surface area contributed by atoms with Crippen LogP contribution in [0.3, 0.4) is 0 Å². The Morgan fingerprint density at radius 3 is 0.598 bits per heavy atom. The molecule has 1 aromatic heterocycles. The maximum Gasteiger partial charge on any atom is 0.167 e. The van der Waals surface area contributed by atoms with E-state index >= 15 is 0 Å². The van der Waals surface area contributed by atoms with E-state index in [1.807, 2.05) is 72.8 Å². The topological polar surface area (TPSA) is 127 Å². The molecule has 0 fully saturated rings. The molecule has 1 heterocycles. The molecular formula is C93H123N3O6. The molecule has 0 saturated heterocycles. The fourth-order valence-electron chi connectivity index (χ4n) is 12.9. The first-order chi connectivity index (χ1) is 50.3. The van der Waals surface area contributed by atoms with Crippen LogP contribution in [-0.4, -0.2) is 50.1 Å². The average Bonchev–Trinajstić information content (AvgIpc) is 0.782. The lowest BCUT2D eigenvalue weighted by Crippen LogP contribution is -2.01. The number of unbranched alkanes of at least 4 members (excludes halogenated alkanes) is 39. The number of rotatable bonds is 51. The molecule has 0 amide bonds. The van der Waals surface area contributed by atoms with Gasteiger partial charge in [0.1, 0.15) is 34.5 Å². The van der Waals surface area contributed by atoms with Crippen molar-refractivity contribution in [1.82, 2.24) is 15.0 Å². The van der Waals surface area contributed by atoms with Crippen molar-refractivity contribution in [3.8, 4) is 104 Å². The number of nitrogens with zero attached hydrogens (tertiary/aromatic N) is 3. The molecule has 9 nitrogen and oxygen atoms in total. The van der Waals surface area contributed by atoms with Crippen LogP contribution < -0.4 is 14.2 Å². The summed E-state index contributed by atoms with van der Waals surface area (Å²) >= 11 is 0. The van der Waals surface area contributed by atoms with Crippen LogP contribution in [0.1, 0.15) is 324 Å². The molecule has 0 atom stereocenters. The smallest absolute Gasteiger partial charge is 0.167 e. The summed E-state index contributed by atoms with van der Waals surface area (Å²) in [5.41, 5.74) is 5.16. The Labute approximate surface area is 616 Å². The zero-order valence-corrected chi connectivity index (χ0v) is 62.9. The lowest BCUT2D eigenvalue weighted by atomic mass is 10.0. The van der Waals surface area contributed by atoms with Crippen molar-refractivity contribution in [2.75, 3.05) is 19.8 Å². The SMILES string of the molecule is CCCCCCCCCCCCCCCCOc1ccc(C#Cc2ccc(-c3nc(-c4ccc(C#Cc5ccc(OCCCCCCCCCCCCCCCC)cc5)cc4O)nc(-c4ccc(C#Cc5ccc(OCCCCCCCCCCCCCCCC)cc5)cc4O)n3)c(O)c2)cc1. The first-order valence-electron chi connectivity index (χ1n) is 40.3. The molecule has 7 rings (SSSR count). The van der Waals surface area contributed by atoms with Crippen LogP contribution in [-0.2, 0) is 0 Å². The maximum atomic E-state index is 11.7. The third kappa shape index (κ3) is 33.3. The molecule has 102 heavy (non-hydrogen) atoms. The molecule has 0 aliphatic carbocycles. The third-order valence-electron chi connectivity index (χ3n) is 19.3. The maximum absolute atomic E-state index is 11.7. The number of aromatic hydroxyl groups is 3. The number of aromatic nitrogens is 3. The minimum absolute atomic E-state index is 0.101. The zero-order chi connectivity index (χ0) is 71.5. The summed E-state index contributed by atoms with van der Waals surface area (Å²) in [5.74, 6) is 21.8. The second kappa shape index (κ2) is 51.0. The summed E-state index contributed by atoms with van der Waals surface area (Å²) in [6, 6.07) is 38.7. The van der Waals surface area contributed by atoms with Crippen LogP contribution in [0.15, 0.2) is 127 Å². The van der Waals surface area contributed by atoms with Crippen LogP contribution in [0.2, 0.25) is 0 Å². The van der Waals surface area contributed by atoms with Crippen LogP contribution >= 0.6 is 0 Å². The Kier molecular flexibility index (Phi) is 40.6. The van der Waals surface area contributed by atoms with Gasteiger partial charge in [-0.3, -0.25) is 0 Å². The van der Waals surface area contributed by atoms with Crippen molar-refractivity contribution in [3.63, 3.8) is 0 Å². The second-order valence-electron chi connectivity index (χ2n) is 28.2. The Morgan fingerprint density at radius 2 is 0.402 bits per heavy atom. The summed E-state index contributed by atoms with van der Waals surface area (Å²) < 4.78 is 18.2. The van der Waals surface area contributed by atoms with E-state index in [0.29, 0.717) is 53.2 Å². The molecule has 6 aromatic carbocycles. The van der Waals surface area contributed by atoms with Crippen LogP contribution in [0.25, 0.3) is 34.2 Å². The number of benzene rings is 6. The predicted molar refractivity (Wildman–Crippen MR) is 426 cm³/mol. The van der Waals surface area contributed by atoms with Gasteiger partial charge in [-0.25, -0.2) is 15.0 Å². The Morgan fingerprint density at radius 1 is 0.225 bits per heavy atom. The van der Waals surface area contributed by atoms with Gasteiger partial charge < -0.3 is 29.5 Å². The molecular weight excluding hydrogens is 1260 g/mol. The third-order valence-corrected chi connectivity index (χ3v) is 19.3. The minimum atomic E-state index is -0.101. The normalized spacial score (nSPS) is 11.0. The number of ether oxygens (including phenoxy) is 3. The van der Waals surface area contributed by atoms with Gasteiger partial charge in [0.25, 0.3) is 0 Å². The van der Waals surface area contributed by atoms with Gasteiger partial charge in [-0.1, -0.05) is 307 Å². The van der Waals surface area contributed by atoms with Gasteiger partial charge >= 0.3 is 0 Å². The second-order valence-corrected chi connectivity index (χ2v) is 28.2. The molecule has 0 saturated carbocycles. The highest BCUT2D eigenvalue weighted by molar-refractivity contribution is 5.75. The van der Waals surface area contributed by atoms with Crippen molar-refractivity contribution >= 4 is 0 Å². The fraction of sp³-hybridized carbons (Fsp3) is 0.516. The number of hydrogen-bond acceptors (Lipinski definition) is 9. The molecule has 7 aromatic rings. The van der Waals surface area contributed by atoms with Crippen molar-refractivity contribution in [2.24, 2.45) is 0 Å². The molecule has 9 heteroatoms. The molecule has 0 unspecified atom stereocenters. The summed E-state index contributed by atoms with van der Waals surface area (Å²) in [5, 5.41) is 35.0. The molecule has 0 aliphatic rings. The van der Waals surface area contributed by atoms with Gasteiger partial charge in [-0.05, 0) is 147 Å². The molecule has 0 spiro atoms. The summed E-state index contributed by atoms with van der Waals surface area (Å²) in [7, 11) is 0. The highest BCUT2D eigenvalue weighted by Gasteiger charge is 2.19. The van der Waals surface area contributed by atoms with Gasteiger partial charge in [0, 0.05) is 33.4 Å². The number of hydrogen-bond donors (Lipinski definition) is 3. The first-order valence-corrected chi connectivity index (χ1v) is 40.3. The Bertz CT molecular complexity index is 3230. The molecule has 0 radical (unpaired) electrons. The average molecular weight is 1380 g/mol. The van der Waals surface area contributed by atoms with Gasteiger partial charge in [-0.2, -0.15) is 0 Å². The van der Waals surface area contributed by atoms with Gasteiger partial charge in [0.2, 0.25) is 0 Å². The number of phenolic OH excluding ortho intramolecular Hbond substituents is 3. The summed E-state index contributed by atoms with van der Waals surface area (Å²) in [6.45, 7) is 8.93. The van der Waals surface area contributed by atoms with E-state index in [1.165, 1.54) is 250 Å². The first kappa shape index (κ1) is 81.1. The lowest BCUT2D eigenvalue weighted by Gasteiger charge is -2.11. The van der Waals surface area contributed by atoms with Crippen molar-refractivity contribution in [3.05, 3.63) is 161 Å². The Hall–Kier alpha value is -8.19. The number of phenols is 3. The van der Waals surface area contributed by atoms with Crippen molar-refractivity contribution in [2.45, 2.75) is 290 Å². The van der Waals surface area contributed by atoms with Crippen LogP contribution in [0.4, 0.5) is 0 Å². The molecule has 546 valence electrons. The fourth-order valence-corrected chi connectivity index (χ4v) is 12.9. The van der Waals surface area contributed by atoms with Crippen LogP contribution in [0, 0.1) is 35.5 Å². The summed E-state index contributed by atoms with van der Waals surface area (Å²) in [4.78, 5) is 14.5. The van der Waals surface area contributed by atoms with Crippen molar-refractivity contribution < 1.29 is 29.5 Å². The van der Waals surface area contributed by atoms with Crippen LogP contribution in [0.5, 0.6) is 34.5 Å². The molecule has 0 bridgehead atoms. The van der Waals surface area contributed by atoms with E-state index in [-0.39, 0.29) is 34.7 Å². The van der Waals surface area contributed by atoms with Crippen molar-refractivity contribution in [1.29, 1.82) is 0 Å². The highest BCUT2D eigenvalue weighted by Crippen LogP contribution is 2.36. The largest absolute Gasteiger partial charge is 0.507 e. The molecule has 3 N–H and O–H groups in total. The zero-order valence-electron chi connectivity index (χ0n) is 62.9. The standard InChI is InChI=1S/C93H123N3O6/c1-4-7-10-13-16-19-22-25-28-31-34-37-40-43-70-100-82-61-52-76(53-62-82)46-49-79-58-67-85(88(97)73-79)91-94-92(86-68-59-80(74-89(86)98)50-47-77-54-63-83(64-55-77)101-71-44-41-38-35-32-29-26-23-20-17-14-11-8-5-2)96-93(95-91)87-69-60-81(75-90(87)99)51-48-78-56-65-84(66-57-78)102-72-45-42-39-36-33-30-27-24-21-18-15-12-9-6-3/h52-69,73-75,97-99H,4-45,70-72H2,1-3H3. The summed E-state index contributed by atoms with van der Waals surface area (Å²) in [6.07, 6.45) is 55.7. The van der Waals surface area contributed by atoms with E-state index in [9.17, 15) is 15.3 Å². The van der Waals surface area contributed by atoms with E-state index in [4.69, 9.17) is 29.2 Å². The van der Waals surface area contributed by atoms with E-state index in [1.54, 1.807) is 54.6 Å². The van der Waals surface area contributed by atoms with E-state index in [2.05, 4.69) is 56.3 Å². The highest BCUT2D eigenvalue weighted by atomic mass is 16.5. The van der Waals surface area contributed by atoms with Gasteiger partial charge in [0.15, 0.2) is 17.5 Å².